The molecule has 1 aromatic heterocycles. The zero-order valence-electron chi connectivity index (χ0n) is 19.8. The highest BCUT2D eigenvalue weighted by molar-refractivity contribution is 6.31. The van der Waals surface area contributed by atoms with Crippen molar-refractivity contribution in [3.8, 4) is 5.69 Å². The van der Waals surface area contributed by atoms with Crippen LogP contribution >= 0.6 is 11.6 Å². The number of piperazine rings is 1. The van der Waals surface area contributed by atoms with Crippen LogP contribution in [0.25, 0.3) is 5.69 Å². The van der Waals surface area contributed by atoms with E-state index in [0.29, 0.717) is 23.8 Å². The number of carbonyl (C=O) groups is 2. The monoisotopic (exact) mass is 495 g/mol. The molecule has 0 atom stereocenters. The van der Waals surface area contributed by atoms with Gasteiger partial charge in [0, 0.05) is 38.1 Å². The van der Waals surface area contributed by atoms with Gasteiger partial charge in [0.2, 0.25) is 11.6 Å². The highest BCUT2D eigenvalue weighted by atomic mass is 35.5. The van der Waals surface area contributed by atoms with Gasteiger partial charge >= 0.3 is 5.69 Å². The van der Waals surface area contributed by atoms with Crippen molar-refractivity contribution in [2.45, 2.75) is 27.3 Å². The van der Waals surface area contributed by atoms with Crippen molar-refractivity contribution < 1.29 is 9.59 Å². The van der Waals surface area contributed by atoms with Gasteiger partial charge in [0.05, 0.1) is 12.2 Å². The van der Waals surface area contributed by atoms with Crippen LogP contribution < -0.4 is 11.2 Å². The van der Waals surface area contributed by atoms with Crippen LogP contribution in [0.3, 0.4) is 0 Å². The number of amides is 2. The summed E-state index contributed by atoms with van der Waals surface area (Å²) in [6.07, 6.45) is 0. The molecular weight excluding hydrogens is 470 g/mol. The van der Waals surface area contributed by atoms with Gasteiger partial charge in [-0.05, 0) is 37.1 Å². The first-order valence-electron chi connectivity index (χ1n) is 11.3. The number of carbonyl (C=O) groups excluding carboxylic acids is 2. The number of aromatic nitrogens is 3. The van der Waals surface area contributed by atoms with Crippen LogP contribution in [0.4, 0.5) is 0 Å². The Morgan fingerprint density at radius 1 is 0.943 bits per heavy atom. The van der Waals surface area contributed by atoms with Crippen LogP contribution in [-0.4, -0.2) is 62.1 Å². The fourth-order valence-electron chi connectivity index (χ4n) is 3.92. The Balaban J connectivity index is 1.80. The molecule has 0 radical (unpaired) electrons. The Morgan fingerprint density at radius 3 is 2.17 bits per heavy atom. The smallest absolute Gasteiger partial charge is 0.339 e. The molecule has 1 fully saturated rings. The average Bonchev–Trinajstić information content (AvgIpc) is 2.84. The lowest BCUT2D eigenvalue weighted by atomic mass is 10.1. The van der Waals surface area contributed by atoms with E-state index in [0.717, 1.165) is 25.9 Å². The quantitative estimate of drug-likeness (QED) is 0.551. The Hall–Kier alpha value is -3.72. The molecule has 0 unspecified atom stereocenters. The molecule has 0 N–H and O–H groups in total. The van der Waals surface area contributed by atoms with E-state index < -0.39 is 17.2 Å². The second kappa shape index (κ2) is 9.87. The molecule has 0 aliphatic carbocycles. The van der Waals surface area contributed by atoms with E-state index in [-0.39, 0.29) is 31.2 Å². The lowest BCUT2D eigenvalue weighted by Gasteiger charge is -2.33. The Bertz CT molecular complexity index is 1400. The summed E-state index contributed by atoms with van der Waals surface area (Å²) >= 11 is 6.28. The zero-order chi connectivity index (χ0) is 25.3. The molecule has 35 heavy (non-hydrogen) atoms. The molecule has 2 amide bonds. The largest absolute Gasteiger partial charge is 0.352 e. The Labute approximate surface area is 207 Å². The summed E-state index contributed by atoms with van der Waals surface area (Å²) in [6, 6.07) is 12.4. The number of rotatable bonds is 4. The van der Waals surface area contributed by atoms with Gasteiger partial charge in [-0.25, -0.2) is 4.79 Å². The second-order valence-electron chi connectivity index (χ2n) is 8.65. The lowest BCUT2D eigenvalue weighted by Crippen LogP contribution is -2.52. The molecular formula is C25H26ClN5O4. The molecule has 1 saturated heterocycles. The SMILES string of the molecule is CC(=O)N1CCN(C(=O)c2nn(-c3ccc(C)c(Cl)c3)c(=O)n(Cc3ccc(C)cc3)c2=O)CC1. The molecule has 0 spiro atoms. The van der Waals surface area contributed by atoms with Crippen molar-refractivity contribution in [2.24, 2.45) is 0 Å². The minimum atomic E-state index is -0.760. The van der Waals surface area contributed by atoms with Crippen LogP contribution in [-0.2, 0) is 11.3 Å². The van der Waals surface area contributed by atoms with Crippen molar-refractivity contribution in [3.63, 3.8) is 0 Å². The summed E-state index contributed by atoms with van der Waals surface area (Å²) in [5.74, 6) is -0.650. The number of aryl methyl sites for hydroxylation is 2. The van der Waals surface area contributed by atoms with E-state index in [1.165, 1.54) is 11.8 Å². The molecule has 2 heterocycles. The summed E-state index contributed by atoms with van der Waals surface area (Å²) in [5.41, 5.74) is 1.16. The summed E-state index contributed by atoms with van der Waals surface area (Å²) in [7, 11) is 0. The minimum Gasteiger partial charge on any atom is -0.339 e. The van der Waals surface area contributed by atoms with Gasteiger partial charge in [-0.3, -0.25) is 19.0 Å². The molecule has 1 aliphatic heterocycles. The van der Waals surface area contributed by atoms with Gasteiger partial charge in [-0.2, -0.15) is 9.78 Å². The van der Waals surface area contributed by atoms with Crippen LogP contribution in [0.2, 0.25) is 5.02 Å². The standard InChI is InChI=1S/C25H26ClN5O4/c1-16-4-7-19(8-5-16)15-30-24(34)22(23(33)29-12-10-28(11-13-29)18(3)32)27-31(25(30)35)20-9-6-17(2)21(26)14-20/h4-9,14H,10-13,15H2,1-3H3. The van der Waals surface area contributed by atoms with E-state index in [9.17, 15) is 19.2 Å². The summed E-state index contributed by atoms with van der Waals surface area (Å²) in [4.78, 5) is 54.9. The predicted molar refractivity (Wildman–Crippen MR) is 132 cm³/mol. The van der Waals surface area contributed by atoms with E-state index >= 15 is 0 Å². The van der Waals surface area contributed by atoms with Crippen molar-refractivity contribution in [1.82, 2.24) is 24.1 Å². The fourth-order valence-corrected chi connectivity index (χ4v) is 4.10. The Kier molecular flexibility index (Phi) is 6.88. The van der Waals surface area contributed by atoms with Gasteiger partial charge < -0.3 is 9.80 Å². The van der Waals surface area contributed by atoms with Gasteiger partial charge in [-0.15, -0.1) is 0 Å². The number of hydrogen-bond donors (Lipinski definition) is 0. The first-order chi connectivity index (χ1) is 16.7. The molecule has 0 bridgehead atoms. The van der Waals surface area contributed by atoms with Crippen LogP contribution in [0.1, 0.15) is 34.1 Å². The molecule has 3 aromatic rings. The van der Waals surface area contributed by atoms with Crippen molar-refractivity contribution in [2.75, 3.05) is 26.2 Å². The molecule has 9 nitrogen and oxygen atoms in total. The van der Waals surface area contributed by atoms with Crippen molar-refractivity contribution in [1.29, 1.82) is 0 Å². The summed E-state index contributed by atoms with van der Waals surface area (Å²) < 4.78 is 2.06. The predicted octanol–water partition coefficient (Wildman–Crippen LogP) is 2.02. The maximum Gasteiger partial charge on any atom is 0.352 e. The number of benzene rings is 2. The number of halogens is 1. The molecule has 2 aromatic carbocycles. The number of hydrogen-bond acceptors (Lipinski definition) is 5. The minimum absolute atomic E-state index is 0.0154. The van der Waals surface area contributed by atoms with E-state index in [4.69, 9.17) is 11.6 Å². The number of nitrogens with zero attached hydrogens (tertiary/aromatic N) is 5. The molecule has 10 heteroatoms. The van der Waals surface area contributed by atoms with Crippen molar-refractivity contribution >= 4 is 23.4 Å². The first-order valence-corrected chi connectivity index (χ1v) is 11.6. The van der Waals surface area contributed by atoms with Crippen LogP contribution in [0, 0.1) is 13.8 Å². The Morgan fingerprint density at radius 2 is 1.57 bits per heavy atom. The highest BCUT2D eigenvalue weighted by Gasteiger charge is 2.28. The molecule has 1 aliphatic rings. The van der Waals surface area contributed by atoms with Crippen LogP contribution in [0.15, 0.2) is 52.1 Å². The van der Waals surface area contributed by atoms with Gasteiger partial charge in [0.15, 0.2) is 0 Å². The zero-order valence-corrected chi connectivity index (χ0v) is 20.6. The molecule has 0 saturated carbocycles. The van der Waals surface area contributed by atoms with E-state index in [2.05, 4.69) is 5.10 Å². The van der Waals surface area contributed by atoms with E-state index in [1.54, 1.807) is 23.1 Å². The van der Waals surface area contributed by atoms with Gasteiger partial charge in [0.1, 0.15) is 0 Å². The third-order valence-corrected chi connectivity index (χ3v) is 6.54. The van der Waals surface area contributed by atoms with Gasteiger partial charge in [-0.1, -0.05) is 47.5 Å². The third kappa shape index (κ3) is 5.05. The fraction of sp³-hybridized carbons (Fsp3) is 0.320. The highest BCUT2D eigenvalue weighted by Crippen LogP contribution is 2.18. The maximum absolute atomic E-state index is 13.4. The molecule has 4 rings (SSSR count). The van der Waals surface area contributed by atoms with E-state index in [1.807, 2.05) is 38.1 Å². The summed E-state index contributed by atoms with van der Waals surface area (Å²) in [6.45, 7) is 6.51. The molecule has 182 valence electrons. The second-order valence-corrected chi connectivity index (χ2v) is 9.06. The van der Waals surface area contributed by atoms with Crippen molar-refractivity contribution in [3.05, 3.63) is 90.7 Å². The lowest BCUT2D eigenvalue weighted by molar-refractivity contribution is -0.130. The third-order valence-electron chi connectivity index (χ3n) is 6.14. The first kappa shape index (κ1) is 24.4. The average molecular weight is 496 g/mol. The normalized spacial score (nSPS) is 13.7. The maximum atomic E-state index is 13.4. The van der Waals surface area contributed by atoms with Crippen LogP contribution in [0.5, 0.6) is 0 Å². The topological polar surface area (TPSA) is 97.5 Å². The summed E-state index contributed by atoms with van der Waals surface area (Å²) in [5, 5.41) is 4.63. The van der Waals surface area contributed by atoms with Gasteiger partial charge in [0.25, 0.3) is 11.5 Å².